The molecule has 3 nitrogen and oxygen atoms in total. The van der Waals surface area contributed by atoms with Crippen LogP contribution in [0.4, 0.5) is 0 Å². The van der Waals surface area contributed by atoms with Gasteiger partial charge in [0.1, 0.15) is 5.78 Å². The van der Waals surface area contributed by atoms with E-state index >= 15 is 0 Å². The van der Waals surface area contributed by atoms with Gasteiger partial charge in [0.15, 0.2) is 11.5 Å². The molecule has 0 saturated heterocycles. The first kappa shape index (κ1) is 11.0. The number of ether oxygens (including phenoxy) is 2. The summed E-state index contributed by atoms with van der Waals surface area (Å²) in [5, 5.41) is 0. The Balaban J connectivity index is 2.28. The standard InChI is InChI=1S/C13H16O3/c1-9(14)8-10-4-3-5-12(15-2)13(10)16-11-6-7-11/h3-5,11H,6-8H2,1-2H3. The lowest BCUT2D eigenvalue weighted by molar-refractivity contribution is -0.116. The number of ketones is 1. The molecule has 0 bridgehead atoms. The van der Waals surface area contributed by atoms with E-state index in [4.69, 9.17) is 9.47 Å². The number of rotatable bonds is 5. The van der Waals surface area contributed by atoms with E-state index in [2.05, 4.69) is 0 Å². The molecule has 0 heterocycles. The second kappa shape index (κ2) is 4.56. The molecule has 0 N–H and O–H groups in total. The van der Waals surface area contributed by atoms with Crippen LogP contribution in [0.5, 0.6) is 11.5 Å². The highest BCUT2D eigenvalue weighted by atomic mass is 16.5. The molecular formula is C13H16O3. The number of para-hydroxylation sites is 1. The van der Waals surface area contributed by atoms with Crippen LogP contribution in [0.3, 0.4) is 0 Å². The Morgan fingerprint density at radius 2 is 2.19 bits per heavy atom. The third-order valence-corrected chi connectivity index (χ3v) is 2.53. The molecule has 1 aliphatic rings. The van der Waals surface area contributed by atoms with Crippen molar-refractivity contribution < 1.29 is 14.3 Å². The molecule has 86 valence electrons. The molecule has 0 radical (unpaired) electrons. The minimum atomic E-state index is 0.133. The van der Waals surface area contributed by atoms with Crippen molar-refractivity contribution in [3.63, 3.8) is 0 Å². The van der Waals surface area contributed by atoms with Crippen molar-refractivity contribution in [2.24, 2.45) is 0 Å². The lowest BCUT2D eigenvalue weighted by atomic mass is 10.1. The van der Waals surface area contributed by atoms with Gasteiger partial charge in [-0.05, 0) is 25.8 Å². The third kappa shape index (κ3) is 2.54. The van der Waals surface area contributed by atoms with E-state index in [1.807, 2.05) is 18.2 Å². The molecule has 1 aliphatic carbocycles. The molecule has 1 saturated carbocycles. The fraction of sp³-hybridized carbons (Fsp3) is 0.462. The monoisotopic (exact) mass is 220 g/mol. The molecule has 3 heteroatoms. The van der Waals surface area contributed by atoms with Crippen LogP contribution in [-0.4, -0.2) is 19.0 Å². The fourth-order valence-corrected chi connectivity index (χ4v) is 1.62. The maximum atomic E-state index is 11.2. The van der Waals surface area contributed by atoms with Crippen molar-refractivity contribution in [1.29, 1.82) is 0 Å². The molecule has 0 spiro atoms. The molecule has 0 aromatic heterocycles. The summed E-state index contributed by atoms with van der Waals surface area (Å²) in [6, 6.07) is 5.67. The number of Topliss-reactive ketones (excluding diaryl/α,β-unsaturated/α-hetero) is 1. The molecule has 1 fully saturated rings. The molecule has 1 aromatic carbocycles. The molecule has 16 heavy (non-hydrogen) atoms. The molecule has 0 aliphatic heterocycles. The van der Waals surface area contributed by atoms with E-state index in [0.29, 0.717) is 18.3 Å². The summed E-state index contributed by atoms with van der Waals surface area (Å²) in [5.74, 6) is 1.59. The van der Waals surface area contributed by atoms with E-state index in [1.165, 1.54) is 0 Å². The number of methoxy groups -OCH3 is 1. The van der Waals surface area contributed by atoms with Crippen LogP contribution < -0.4 is 9.47 Å². The van der Waals surface area contributed by atoms with Crippen molar-refractivity contribution >= 4 is 5.78 Å². The van der Waals surface area contributed by atoms with Crippen molar-refractivity contribution in [3.05, 3.63) is 23.8 Å². The van der Waals surface area contributed by atoms with Gasteiger partial charge in [-0.15, -0.1) is 0 Å². The van der Waals surface area contributed by atoms with Gasteiger partial charge in [-0.1, -0.05) is 12.1 Å². The van der Waals surface area contributed by atoms with Gasteiger partial charge in [0.25, 0.3) is 0 Å². The van der Waals surface area contributed by atoms with Crippen LogP contribution in [0.1, 0.15) is 25.3 Å². The number of hydrogen-bond donors (Lipinski definition) is 0. The van der Waals surface area contributed by atoms with Crippen molar-refractivity contribution in [2.75, 3.05) is 7.11 Å². The Bertz CT molecular complexity index is 394. The van der Waals surface area contributed by atoms with Gasteiger partial charge in [-0.25, -0.2) is 0 Å². The summed E-state index contributed by atoms with van der Waals surface area (Å²) < 4.78 is 11.1. The molecule has 0 atom stereocenters. The summed E-state index contributed by atoms with van der Waals surface area (Å²) in [5.41, 5.74) is 0.916. The van der Waals surface area contributed by atoms with E-state index in [-0.39, 0.29) is 5.78 Å². The van der Waals surface area contributed by atoms with Crippen LogP contribution in [0, 0.1) is 0 Å². The van der Waals surface area contributed by atoms with Crippen LogP contribution in [0.2, 0.25) is 0 Å². The predicted octanol–water partition coefficient (Wildman–Crippen LogP) is 2.37. The maximum absolute atomic E-state index is 11.2. The van der Waals surface area contributed by atoms with Gasteiger partial charge in [-0.3, -0.25) is 4.79 Å². The highest BCUT2D eigenvalue weighted by Crippen LogP contribution is 2.36. The molecule has 2 rings (SSSR count). The quantitative estimate of drug-likeness (QED) is 0.764. The average Bonchev–Trinajstić information content (AvgIpc) is 3.03. The van der Waals surface area contributed by atoms with E-state index in [9.17, 15) is 4.79 Å². The predicted molar refractivity (Wildman–Crippen MR) is 61.0 cm³/mol. The maximum Gasteiger partial charge on any atom is 0.165 e. The zero-order valence-electron chi connectivity index (χ0n) is 9.66. The lowest BCUT2D eigenvalue weighted by Gasteiger charge is -2.13. The fourth-order valence-electron chi connectivity index (χ4n) is 1.62. The Kier molecular flexibility index (Phi) is 3.13. The average molecular weight is 220 g/mol. The second-order valence-corrected chi connectivity index (χ2v) is 4.14. The minimum Gasteiger partial charge on any atom is -0.493 e. The highest BCUT2D eigenvalue weighted by molar-refractivity contribution is 5.79. The summed E-state index contributed by atoms with van der Waals surface area (Å²) in [6.45, 7) is 1.58. The number of hydrogen-bond acceptors (Lipinski definition) is 3. The highest BCUT2D eigenvalue weighted by Gasteiger charge is 2.26. The summed E-state index contributed by atoms with van der Waals surface area (Å²) in [6.07, 6.45) is 2.90. The topological polar surface area (TPSA) is 35.5 Å². The van der Waals surface area contributed by atoms with Crippen LogP contribution in [0.25, 0.3) is 0 Å². The normalized spacial score (nSPS) is 14.6. The van der Waals surface area contributed by atoms with Crippen LogP contribution in [0.15, 0.2) is 18.2 Å². The summed E-state index contributed by atoms with van der Waals surface area (Å²) in [7, 11) is 1.62. The van der Waals surface area contributed by atoms with Gasteiger partial charge in [0, 0.05) is 12.0 Å². The van der Waals surface area contributed by atoms with Gasteiger partial charge in [-0.2, -0.15) is 0 Å². The van der Waals surface area contributed by atoms with E-state index in [0.717, 1.165) is 24.2 Å². The Morgan fingerprint density at radius 1 is 1.44 bits per heavy atom. The Hall–Kier alpha value is -1.51. The first-order valence-electron chi connectivity index (χ1n) is 5.52. The van der Waals surface area contributed by atoms with Crippen molar-refractivity contribution in [1.82, 2.24) is 0 Å². The smallest absolute Gasteiger partial charge is 0.165 e. The Morgan fingerprint density at radius 3 is 2.75 bits per heavy atom. The summed E-state index contributed by atoms with van der Waals surface area (Å²) >= 11 is 0. The SMILES string of the molecule is COc1cccc(CC(C)=O)c1OC1CC1. The zero-order valence-corrected chi connectivity index (χ0v) is 9.66. The van der Waals surface area contributed by atoms with E-state index < -0.39 is 0 Å². The van der Waals surface area contributed by atoms with Crippen LogP contribution in [-0.2, 0) is 11.2 Å². The summed E-state index contributed by atoms with van der Waals surface area (Å²) in [4.78, 5) is 11.2. The number of carbonyl (C=O) groups excluding carboxylic acids is 1. The lowest BCUT2D eigenvalue weighted by Crippen LogP contribution is -2.05. The van der Waals surface area contributed by atoms with E-state index in [1.54, 1.807) is 14.0 Å². The van der Waals surface area contributed by atoms with Gasteiger partial charge in [0.05, 0.1) is 13.2 Å². The molecule has 1 aromatic rings. The molecular weight excluding hydrogens is 204 g/mol. The zero-order chi connectivity index (χ0) is 11.5. The second-order valence-electron chi connectivity index (χ2n) is 4.14. The van der Waals surface area contributed by atoms with Gasteiger partial charge >= 0.3 is 0 Å². The van der Waals surface area contributed by atoms with Gasteiger partial charge in [0.2, 0.25) is 0 Å². The minimum absolute atomic E-state index is 0.133. The van der Waals surface area contributed by atoms with Crippen molar-refractivity contribution in [3.8, 4) is 11.5 Å². The number of carbonyl (C=O) groups is 1. The first-order chi connectivity index (χ1) is 7.70. The largest absolute Gasteiger partial charge is 0.493 e. The Labute approximate surface area is 95.4 Å². The molecule has 0 amide bonds. The molecule has 0 unspecified atom stereocenters. The van der Waals surface area contributed by atoms with Crippen LogP contribution >= 0.6 is 0 Å². The third-order valence-electron chi connectivity index (χ3n) is 2.53. The van der Waals surface area contributed by atoms with Gasteiger partial charge < -0.3 is 9.47 Å². The number of benzene rings is 1. The first-order valence-corrected chi connectivity index (χ1v) is 5.52. The van der Waals surface area contributed by atoms with Crippen molar-refractivity contribution in [2.45, 2.75) is 32.3 Å².